The van der Waals surface area contributed by atoms with Gasteiger partial charge in [-0.05, 0) is 48.0 Å². The first-order valence-electron chi connectivity index (χ1n) is 10.5. The van der Waals surface area contributed by atoms with Crippen molar-refractivity contribution in [1.82, 2.24) is 4.57 Å². The highest BCUT2D eigenvalue weighted by atomic mass is 32.1. The predicted octanol–water partition coefficient (Wildman–Crippen LogP) is 5.29. The molecule has 0 aliphatic rings. The van der Waals surface area contributed by atoms with Gasteiger partial charge in [0, 0.05) is 11.9 Å². The van der Waals surface area contributed by atoms with E-state index in [9.17, 15) is 9.59 Å². The zero-order chi connectivity index (χ0) is 22.9. The molecule has 0 aliphatic carbocycles. The van der Waals surface area contributed by atoms with E-state index >= 15 is 0 Å². The second-order valence-corrected chi connectivity index (χ2v) is 8.42. The summed E-state index contributed by atoms with van der Waals surface area (Å²) in [6.07, 6.45) is 1.74. The third-order valence-electron chi connectivity index (χ3n) is 5.35. The highest BCUT2D eigenvalue weighted by Crippen LogP contribution is 2.26. The molecule has 2 heterocycles. The van der Waals surface area contributed by atoms with Gasteiger partial charge in [-0.3, -0.25) is 4.79 Å². The van der Waals surface area contributed by atoms with Crippen LogP contribution in [0.2, 0.25) is 0 Å². The Balaban J connectivity index is 1.68. The first-order chi connectivity index (χ1) is 16.1. The second kappa shape index (κ2) is 8.52. The second-order valence-electron chi connectivity index (χ2n) is 7.41. The van der Waals surface area contributed by atoms with Gasteiger partial charge in [0.05, 0.1) is 16.8 Å². The van der Waals surface area contributed by atoms with Crippen LogP contribution in [-0.2, 0) is 6.54 Å². The lowest BCUT2D eigenvalue weighted by atomic mass is 10.0. The molecule has 0 fully saturated rings. The van der Waals surface area contributed by atoms with Gasteiger partial charge in [-0.15, -0.1) is 6.58 Å². The molecule has 0 saturated heterocycles. The minimum absolute atomic E-state index is 0.100. The fourth-order valence-corrected chi connectivity index (χ4v) is 4.93. The summed E-state index contributed by atoms with van der Waals surface area (Å²) in [5.74, 6) is 0.102. The fraction of sp³-hybridized carbons (Fsp3) is 0.115. The van der Waals surface area contributed by atoms with Gasteiger partial charge in [-0.2, -0.15) is 4.99 Å². The number of allylic oxidation sites excluding steroid dienone is 1. The Morgan fingerprint density at radius 2 is 2.00 bits per heavy atom. The van der Waals surface area contributed by atoms with Crippen molar-refractivity contribution in [2.45, 2.75) is 13.5 Å². The zero-order valence-electron chi connectivity index (χ0n) is 17.9. The van der Waals surface area contributed by atoms with E-state index in [-0.39, 0.29) is 5.56 Å². The van der Waals surface area contributed by atoms with Gasteiger partial charge >= 0.3 is 5.63 Å². The molecule has 6 nitrogen and oxygen atoms in total. The Hall–Kier alpha value is -3.97. The highest BCUT2D eigenvalue weighted by molar-refractivity contribution is 7.16. The summed E-state index contributed by atoms with van der Waals surface area (Å²) in [6, 6.07) is 18.7. The van der Waals surface area contributed by atoms with Crippen LogP contribution in [0.15, 0.2) is 87.5 Å². The molecular weight excluding hydrogens is 436 g/mol. The quantitative estimate of drug-likeness (QED) is 0.205. The minimum Gasteiger partial charge on any atom is -0.494 e. The molecule has 33 heavy (non-hydrogen) atoms. The van der Waals surface area contributed by atoms with E-state index in [0.29, 0.717) is 28.9 Å². The van der Waals surface area contributed by atoms with E-state index in [1.807, 2.05) is 60.0 Å². The van der Waals surface area contributed by atoms with E-state index in [0.717, 1.165) is 26.7 Å². The smallest absolute Gasteiger partial charge is 0.349 e. The predicted molar refractivity (Wildman–Crippen MR) is 131 cm³/mol. The summed E-state index contributed by atoms with van der Waals surface area (Å²) in [6.45, 7) is 6.77. The molecule has 0 bridgehead atoms. The molecule has 7 heteroatoms. The first-order valence-corrected chi connectivity index (χ1v) is 11.3. The van der Waals surface area contributed by atoms with Gasteiger partial charge in [-0.1, -0.05) is 47.7 Å². The van der Waals surface area contributed by atoms with Crippen molar-refractivity contribution in [2.24, 2.45) is 4.99 Å². The van der Waals surface area contributed by atoms with Gasteiger partial charge in [0.25, 0.3) is 5.91 Å². The van der Waals surface area contributed by atoms with E-state index in [4.69, 9.17) is 9.15 Å². The van der Waals surface area contributed by atoms with Crippen molar-refractivity contribution >= 4 is 49.2 Å². The first kappa shape index (κ1) is 20.9. The SMILES string of the molecule is C=CCn1c(=NC(=O)c2cc3c(ccc4ccccc43)oc2=O)sc2cc(OCC)ccc21. The maximum Gasteiger partial charge on any atom is 0.349 e. The number of hydrogen-bond donors (Lipinski definition) is 0. The Morgan fingerprint density at radius 1 is 1.15 bits per heavy atom. The molecule has 0 aliphatic heterocycles. The molecule has 0 radical (unpaired) electrons. The molecule has 1 amide bonds. The van der Waals surface area contributed by atoms with Crippen molar-refractivity contribution in [2.75, 3.05) is 6.61 Å². The van der Waals surface area contributed by atoms with Gasteiger partial charge in [0.1, 0.15) is 16.9 Å². The molecule has 0 atom stereocenters. The van der Waals surface area contributed by atoms with E-state index in [1.54, 1.807) is 18.2 Å². The molecular formula is C26H20N2O4S. The van der Waals surface area contributed by atoms with Crippen LogP contribution >= 0.6 is 11.3 Å². The van der Waals surface area contributed by atoms with Crippen LogP contribution < -0.4 is 15.2 Å². The van der Waals surface area contributed by atoms with E-state index < -0.39 is 11.5 Å². The Morgan fingerprint density at radius 3 is 2.82 bits per heavy atom. The number of aromatic nitrogens is 1. The molecule has 0 unspecified atom stereocenters. The number of amides is 1. The van der Waals surface area contributed by atoms with Crippen LogP contribution in [0.5, 0.6) is 5.75 Å². The fourth-order valence-electron chi connectivity index (χ4n) is 3.87. The largest absolute Gasteiger partial charge is 0.494 e. The molecule has 0 saturated carbocycles. The molecule has 164 valence electrons. The number of rotatable bonds is 5. The highest BCUT2D eigenvalue weighted by Gasteiger charge is 2.16. The third kappa shape index (κ3) is 3.76. The molecule has 0 spiro atoms. The van der Waals surface area contributed by atoms with Crippen LogP contribution in [0.4, 0.5) is 0 Å². The number of carbonyl (C=O) groups excluding carboxylic acids is 1. The maximum atomic E-state index is 13.1. The summed E-state index contributed by atoms with van der Waals surface area (Å²) in [5, 5.41) is 2.59. The van der Waals surface area contributed by atoms with Crippen molar-refractivity contribution < 1.29 is 13.9 Å². The van der Waals surface area contributed by atoms with Gasteiger partial charge in [0.15, 0.2) is 4.80 Å². The topological polar surface area (TPSA) is 73.8 Å². The molecule has 5 rings (SSSR count). The number of benzene rings is 3. The lowest BCUT2D eigenvalue weighted by Gasteiger charge is -2.04. The zero-order valence-corrected chi connectivity index (χ0v) is 18.7. The number of hydrogen-bond acceptors (Lipinski definition) is 5. The van der Waals surface area contributed by atoms with Crippen LogP contribution in [0.1, 0.15) is 17.3 Å². The minimum atomic E-state index is -0.707. The number of thiazole rings is 1. The van der Waals surface area contributed by atoms with E-state index in [2.05, 4.69) is 11.6 Å². The summed E-state index contributed by atoms with van der Waals surface area (Å²) in [7, 11) is 0. The van der Waals surface area contributed by atoms with Gasteiger partial charge in [-0.25, -0.2) is 4.79 Å². The summed E-state index contributed by atoms with van der Waals surface area (Å²) < 4.78 is 13.9. The Bertz CT molecular complexity index is 1670. The standard InChI is InChI=1S/C26H20N2O4S/c1-3-13-28-21-11-10-17(31-4-2)14-23(21)33-26(28)27-24(29)20-15-19-18-8-6-5-7-16(18)9-12-22(19)32-25(20)30/h3,5-12,14-15H,1,4,13H2,2H3. The summed E-state index contributed by atoms with van der Waals surface area (Å²) >= 11 is 1.35. The average Bonchev–Trinajstić information content (AvgIpc) is 3.15. The number of ether oxygens (including phenoxy) is 1. The Kier molecular flexibility index (Phi) is 5.40. The molecule has 5 aromatic rings. The Labute approximate surface area is 192 Å². The normalized spacial score (nSPS) is 12.0. The summed E-state index contributed by atoms with van der Waals surface area (Å²) in [5.41, 5.74) is 0.534. The van der Waals surface area contributed by atoms with Crippen LogP contribution in [0.3, 0.4) is 0 Å². The molecule has 3 aromatic carbocycles. The van der Waals surface area contributed by atoms with Crippen LogP contribution in [0.25, 0.3) is 32.0 Å². The molecule has 2 aromatic heterocycles. The number of fused-ring (bicyclic) bond motifs is 4. The van der Waals surface area contributed by atoms with Crippen molar-refractivity contribution in [3.8, 4) is 5.75 Å². The average molecular weight is 457 g/mol. The lowest BCUT2D eigenvalue weighted by Crippen LogP contribution is -2.19. The van der Waals surface area contributed by atoms with Gasteiger partial charge < -0.3 is 13.7 Å². The van der Waals surface area contributed by atoms with Crippen LogP contribution in [0, 0.1) is 0 Å². The lowest BCUT2D eigenvalue weighted by molar-refractivity contribution is 0.0994. The van der Waals surface area contributed by atoms with Crippen LogP contribution in [-0.4, -0.2) is 17.1 Å². The number of nitrogens with zero attached hydrogens (tertiary/aromatic N) is 2. The van der Waals surface area contributed by atoms with Crippen molar-refractivity contribution in [3.63, 3.8) is 0 Å². The van der Waals surface area contributed by atoms with Crippen molar-refractivity contribution in [3.05, 3.63) is 94.1 Å². The molecule has 0 N–H and O–H groups in total. The van der Waals surface area contributed by atoms with E-state index in [1.165, 1.54) is 11.3 Å². The number of carbonyl (C=O) groups is 1. The summed E-state index contributed by atoms with van der Waals surface area (Å²) in [4.78, 5) is 30.5. The third-order valence-corrected chi connectivity index (χ3v) is 6.39. The maximum absolute atomic E-state index is 13.1. The monoisotopic (exact) mass is 456 g/mol. The van der Waals surface area contributed by atoms with Crippen molar-refractivity contribution in [1.29, 1.82) is 0 Å². The van der Waals surface area contributed by atoms with Gasteiger partial charge in [0.2, 0.25) is 0 Å².